The van der Waals surface area contributed by atoms with Crippen molar-refractivity contribution in [3.63, 3.8) is 0 Å². The second kappa shape index (κ2) is 9.18. The molecule has 0 aliphatic carbocycles. The van der Waals surface area contributed by atoms with Crippen LogP contribution in [0.25, 0.3) is 0 Å². The Morgan fingerprint density at radius 1 is 0.833 bits per heavy atom. The van der Waals surface area contributed by atoms with Crippen LogP contribution in [0, 0.1) is 0 Å². The van der Waals surface area contributed by atoms with Crippen molar-refractivity contribution in [1.82, 2.24) is 10.4 Å². The summed E-state index contributed by atoms with van der Waals surface area (Å²) >= 11 is 0. The fourth-order valence-electron chi connectivity index (χ4n) is 2.82. The summed E-state index contributed by atoms with van der Waals surface area (Å²) in [5.74, 6) is -0.623. The molecule has 0 aliphatic rings. The van der Waals surface area contributed by atoms with Gasteiger partial charge in [0.15, 0.2) is 0 Å². The van der Waals surface area contributed by atoms with Gasteiger partial charge in [0.2, 0.25) is 0 Å². The second-order valence-corrected chi connectivity index (χ2v) is 7.84. The van der Waals surface area contributed by atoms with E-state index in [2.05, 4.69) is 10.4 Å². The van der Waals surface area contributed by atoms with Crippen molar-refractivity contribution in [2.45, 2.75) is 26.3 Å². The molecule has 1 N–H and O–H groups in total. The lowest BCUT2D eigenvalue weighted by molar-refractivity contribution is 0.0358. The molecule has 2 amide bonds. The number of hydrogen-bond donors (Lipinski definition) is 1. The van der Waals surface area contributed by atoms with Crippen LogP contribution in [0.15, 0.2) is 89.9 Å². The van der Waals surface area contributed by atoms with E-state index in [-0.39, 0.29) is 11.8 Å². The average Bonchev–Trinajstić information content (AvgIpc) is 2.76. The Labute approximate surface area is 177 Å². The zero-order chi connectivity index (χ0) is 21.6. The summed E-state index contributed by atoms with van der Waals surface area (Å²) in [6.45, 7) is 5.62. The number of carbonyl (C=O) groups is 2. The van der Waals surface area contributed by atoms with Crippen LogP contribution in [0.5, 0.6) is 0 Å². The van der Waals surface area contributed by atoms with Crippen LogP contribution in [0.1, 0.15) is 47.1 Å². The molecule has 0 aliphatic heterocycles. The SMILES string of the molecule is CC(C)(C)N(NC(=O)c1cccc(C=Nc2ccccc2)c1)C(=O)c1ccccc1. The smallest absolute Gasteiger partial charge is 0.267 e. The van der Waals surface area contributed by atoms with Gasteiger partial charge in [-0.2, -0.15) is 0 Å². The van der Waals surface area contributed by atoms with Crippen LogP contribution in [0.4, 0.5) is 5.69 Å². The van der Waals surface area contributed by atoms with Crippen LogP contribution in [0.3, 0.4) is 0 Å². The Morgan fingerprint density at radius 2 is 1.43 bits per heavy atom. The Balaban J connectivity index is 1.79. The molecule has 0 saturated heterocycles. The van der Waals surface area contributed by atoms with Gasteiger partial charge >= 0.3 is 0 Å². The summed E-state index contributed by atoms with van der Waals surface area (Å²) in [4.78, 5) is 30.3. The van der Waals surface area contributed by atoms with Crippen molar-refractivity contribution in [3.8, 4) is 0 Å². The lowest BCUT2D eigenvalue weighted by Gasteiger charge is -2.35. The fourth-order valence-corrected chi connectivity index (χ4v) is 2.82. The van der Waals surface area contributed by atoms with E-state index in [1.165, 1.54) is 5.01 Å². The Kier molecular flexibility index (Phi) is 6.42. The molecule has 0 heterocycles. The first-order valence-corrected chi connectivity index (χ1v) is 9.74. The molecule has 5 nitrogen and oxygen atoms in total. The number of para-hydroxylation sites is 1. The summed E-state index contributed by atoms with van der Waals surface area (Å²) in [5, 5.41) is 1.37. The normalized spacial score (nSPS) is 11.3. The maximum absolute atomic E-state index is 13.0. The molecule has 0 fully saturated rings. The van der Waals surface area contributed by atoms with E-state index in [0.717, 1.165) is 11.3 Å². The summed E-state index contributed by atoms with van der Waals surface area (Å²) in [6.07, 6.45) is 1.71. The van der Waals surface area contributed by atoms with Gasteiger partial charge in [-0.3, -0.25) is 20.0 Å². The molecule has 5 heteroatoms. The number of hydrazine groups is 1. The summed E-state index contributed by atoms with van der Waals surface area (Å²) < 4.78 is 0. The van der Waals surface area contributed by atoms with Gasteiger partial charge in [-0.05, 0) is 62.7 Å². The third kappa shape index (κ3) is 5.41. The first kappa shape index (κ1) is 21.0. The largest absolute Gasteiger partial charge is 0.272 e. The Morgan fingerprint density at radius 3 is 2.07 bits per heavy atom. The molecule has 30 heavy (non-hydrogen) atoms. The highest BCUT2D eigenvalue weighted by Crippen LogP contribution is 2.16. The predicted octanol–water partition coefficient (Wildman–Crippen LogP) is 5.02. The van der Waals surface area contributed by atoms with Crippen LogP contribution in [0.2, 0.25) is 0 Å². The van der Waals surface area contributed by atoms with E-state index in [4.69, 9.17) is 0 Å². The fraction of sp³-hybridized carbons (Fsp3) is 0.160. The lowest BCUT2D eigenvalue weighted by atomic mass is 10.1. The highest BCUT2D eigenvalue weighted by atomic mass is 16.2. The predicted molar refractivity (Wildman–Crippen MR) is 120 cm³/mol. The molecule has 0 atom stereocenters. The molecule has 152 valence electrons. The van der Waals surface area contributed by atoms with Gasteiger partial charge in [0.1, 0.15) is 0 Å². The molecule has 0 radical (unpaired) electrons. The summed E-state index contributed by atoms with van der Waals surface area (Å²) in [5.41, 5.74) is 4.76. The van der Waals surface area contributed by atoms with Crippen molar-refractivity contribution in [2.75, 3.05) is 0 Å². The van der Waals surface area contributed by atoms with Crippen molar-refractivity contribution in [1.29, 1.82) is 0 Å². The molecule has 0 bridgehead atoms. The monoisotopic (exact) mass is 399 g/mol. The van der Waals surface area contributed by atoms with Crippen LogP contribution in [-0.2, 0) is 0 Å². The van der Waals surface area contributed by atoms with Gasteiger partial charge in [-0.25, -0.2) is 5.01 Å². The van der Waals surface area contributed by atoms with E-state index in [1.54, 1.807) is 48.7 Å². The molecular formula is C25H25N3O2. The van der Waals surface area contributed by atoms with Gasteiger partial charge in [0.25, 0.3) is 11.8 Å². The van der Waals surface area contributed by atoms with Crippen LogP contribution >= 0.6 is 0 Å². The molecule has 3 aromatic carbocycles. The number of nitrogens with one attached hydrogen (secondary N) is 1. The molecule has 3 aromatic rings. The lowest BCUT2D eigenvalue weighted by Crippen LogP contribution is -2.55. The third-order valence-electron chi connectivity index (χ3n) is 4.38. The molecule has 3 rings (SSSR count). The van der Waals surface area contributed by atoms with Gasteiger partial charge in [-0.15, -0.1) is 0 Å². The third-order valence-corrected chi connectivity index (χ3v) is 4.38. The minimum atomic E-state index is -0.602. The van der Waals surface area contributed by atoms with E-state index in [0.29, 0.717) is 11.1 Å². The van der Waals surface area contributed by atoms with Crippen molar-refractivity contribution in [2.24, 2.45) is 4.99 Å². The van der Waals surface area contributed by atoms with Gasteiger partial charge in [0.05, 0.1) is 11.2 Å². The van der Waals surface area contributed by atoms with E-state index in [9.17, 15) is 9.59 Å². The Bertz CT molecular complexity index is 1040. The van der Waals surface area contributed by atoms with E-state index < -0.39 is 5.54 Å². The summed E-state index contributed by atoms with van der Waals surface area (Å²) in [7, 11) is 0. The number of amides is 2. The average molecular weight is 399 g/mol. The Hall–Kier alpha value is -3.73. The van der Waals surface area contributed by atoms with Gasteiger partial charge in [0, 0.05) is 17.3 Å². The number of aliphatic imine (C=N–C) groups is 1. The van der Waals surface area contributed by atoms with Crippen LogP contribution < -0.4 is 5.43 Å². The maximum Gasteiger partial charge on any atom is 0.272 e. The number of carbonyl (C=O) groups excluding carboxylic acids is 2. The quantitative estimate of drug-likeness (QED) is 0.494. The maximum atomic E-state index is 13.0. The van der Waals surface area contributed by atoms with Gasteiger partial charge in [-0.1, -0.05) is 48.5 Å². The zero-order valence-corrected chi connectivity index (χ0v) is 17.4. The minimum Gasteiger partial charge on any atom is -0.267 e. The summed E-state index contributed by atoms with van der Waals surface area (Å²) in [6, 6.07) is 25.6. The molecule has 0 aromatic heterocycles. The zero-order valence-electron chi connectivity index (χ0n) is 17.4. The first-order valence-electron chi connectivity index (χ1n) is 9.74. The topological polar surface area (TPSA) is 61.8 Å². The standard InChI is InChI=1S/C25H25N3O2/c1-25(2,3)28(24(30)20-12-6-4-7-13-20)27-23(29)21-14-10-11-19(17-21)18-26-22-15-8-5-9-16-22/h4-18H,1-3H3,(H,27,29). The second-order valence-electron chi connectivity index (χ2n) is 7.84. The number of nitrogens with zero attached hydrogens (tertiary/aromatic N) is 2. The van der Waals surface area contributed by atoms with E-state index in [1.807, 2.05) is 63.2 Å². The van der Waals surface area contributed by atoms with Gasteiger partial charge < -0.3 is 0 Å². The number of rotatable bonds is 4. The number of hydrogen-bond acceptors (Lipinski definition) is 3. The molecule has 0 spiro atoms. The number of benzene rings is 3. The highest BCUT2D eigenvalue weighted by molar-refractivity contribution is 6.00. The molecule has 0 saturated carbocycles. The highest BCUT2D eigenvalue weighted by Gasteiger charge is 2.29. The van der Waals surface area contributed by atoms with Crippen molar-refractivity contribution >= 4 is 23.7 Å². The van der Waals surface area contributed by atoms with Crippen molar-refractivity contribution < 1.29 is 9.59 Å². The van der Waals surface area contributed by atoms with E-state index >= 15 is 0 Å². The molecular weight excluding hydrogens is 374 g/mol. The van der Waals surface area contributed by atoms with Crippen molar-refractivity contribution in [3.05, 3.63) is 102 Å². The minimum absolute atomic E-state index is 0.266. The first-order chi connectivity index (χ1) is 14.3. The molecule has 0 unspecified atom stereocenters. The van der Waals surface area contributed by atoms with Crippen LogP contribution in [-0.4, -0.2) is 28.6 Å².